The Labute approximate surface area is 128 Å². The van der Waals surface area contributed by atoms with Gasteiger partial charge in [-0.3, -0.25) is 9.67 Å². The summed E-state index contributed by atoms with van der Waals surface area (Å²) in [5.74, 6) is 0. The van der Waals surface area contributed by atoms with E-state index in [0.717, 1.165) is 22.3 Å². The molecule has 1 N–H and O–H groups in total. The molecule has 1 unspecified atom stereocenters. The molecule has 0 aliphatic carbocycles. The Balaban J connectivity index is 1.99. The number of aryl methyl sites for hydroxylation is 2. The molecule has 0 bridgehead atoms. The van der Waals surface area contributed by atoms with Gasteiger partial charge >= 0.3 is 0 Å². The zero-order chi connectivity index (χ0) is 15.0. The molecule has 0 saturated heterocycles. The maximum absolute atomic E-state index is 6.23. The Morgan fingerprint density at radius 2 is 2.10 bits per heavy atom. The van der Waals surface area contributed by atoms with Crippen molar-refractivity contribution in [1.29, 1.82) is 0 Å². The van der Waals surface area contributed by atoms with E-state index in [9.17, 15) is 0 Å². The zero-order valence-corrected chi connectivity index (χ0v) is 13.0. The minimum Gasteiger partial charge on any atom is -0.377 e. The number of benzene rings is 1. The van der Waals surface area contributed by atoms with Crippen LogP contribution < -0.4 is 5.32 Å². The number of nitrogens with zero attached hydrogens (tertiary/aromatic N) is 3. The molecule has 1 aromatic carbocycles. The number of hydrogen-bond donors (Lipinski definition) is 1. The van der Waals surface area contributed by atoms with Gasteiger partial charge in [0.2, 0.25) is 0 Å². The number of fused-ring (bicyclic) bond motifs is 1. The van der Waals surface area contributed by atoms with Gasteiger partial charge in [0.15, 0.2) is 0 Å². The van der Waals surface area contributed by atoms with E-state index in [0.29, 0.717) is 5.02 Å². The van der Waals surface area contributed by atoms with Gasteiger partial charge in [-0.05, 0) is 38.1 Å². The second kappa shape index (κ2) is 5.37. The SMILES string of the molecule is Cc1nn(C)cc1C(C)Nc1ccc(Cl)c2cccnc12. The molecule has 0 amide bonds. The van der Waals surface area contributed by atoms with Crippen LogP contribution in [0.25, 0.3) is 10.9 Å². The fraction of sp³-hybridized carbons (Fsp3) is 0.250. The molecule has 2 heterocycles. The molecule has 21 heavy (non-hydrogen) atoms. The van der Waals surface area contributed by atoms with Gasteiger partial charge in [0.05, 0.1) is 28.0 Å². The summed E-state index contributed by atoms with van der Waals surface area (Å²) in [4.78, 5) is 4.45. The maximum atomic E-state index is 6.23. The van der Waals surface area contributed by atoms with Crippen molar-refractivity contribution in [2.45, 2.75) is 19.9 Å². The first kappa shape index (κ1) is 13.9. The molecule has 5 heteroatoms. The molecule has 3 aromatic rings. The predicted molar refractivity (Wildman–Crippen MR) is 86.7 cm³/mol. The van der Waals surface area contributed by atoms with Crippen molar-refractivity contribution >= 4 is 28.2 Å². The van der Waals surface area contributed by atoms with Crippen LogP contribution in [0, 0.1) is 6.92 Å². The summed E-state index contributed by atoms with van der Waals surface area (Å²) in [5, 5.41) is 9.57. The molecule has 0 saturated carbocycles. The third-order valence-corrected chi connectivity index (χ3v) is 3.94. The highest BCUT2D eigenvalue weighted by Gasteiger charge is 2.13. The van der Waals surface area contributed by atoms with Crippen LogP contribution in [0.4, 0.5) is 5.69 Å². The van der Waals surface area contributed by atoms with Crippen LogP contribution in [-0.2, 0) is 7.05 Å². The third kappa shape index (κ3) is 2.59. The second-order valence-electron chi connectivity index (χ2n) is 5.20. The monoisotopic (exact) mass is 300 g/mol. The van der Waals surface area contributed by atoms with Gasteiger partial charge in [-0.15, -0.1) is 0 Å². The molecule has 0 fully saturated rings. The summed E-state index contributed by atoms with van der Waals surface area (Å²) < 4.78 is 1.83. The Kier molecular flexibility index (Phi) is 3.55. The van der Waals surface area contributed by atoms with Gasteiger partial charge in [-0.1, -0.05) is 11.6 Å². The number of nitrogens with one attached hydrogen (secondary N) is 1. The summed E-state index contributed by atoms with van der Waals surface area (Å²) in [6.07, 6.45) is 3.82. The highest BCUT2D eigenvalue weighted by molar-refractivity contribution is 6.35. The molecule has 2 aromatic heterocycles. The molecular formula is C16H17ClN4. The average molecular weight is 301 g/mol. The fourth-order valence-corrected chi connectivity index (χ4v) is 2.82. The van der Waals surface area contributed by atoms with Crippen molar-refractivity contribution in [2.75, 3.05) is 5.32 Å². The first-order valence-corrected chi connectivity index (χ1v) is 7.24. The lowest BCUT2D eigenvalue weighted by Gasteiger charge is -2.16. The Morgan fingerprint density at radius 1 is 1.29 bits per heavy atom. The highest BCUT2D eigenvalue weighted by Crippen LogP contribution is 2.30. The van der Waals surface area contributed by atoms with Crippen molar-refractivity contribution < 1.29 is 0 Å². The Hall–Kier alpha value is -2.07. The molecule has 1 atom stereocenters. The normalized spacial score (nSPS) is 12.6. The lowest BCUT2D eigenvalue weighted by atomic mass is 10.1. The van der Waals surface area contributed by atoms with Gasteiger partial charge in [-0.2, -0.15) is 5.10 Å². The van der Waals surface area contributed by atoms with Gasteiger partial charge in [-0.25, -0.2) is 0 Å². The van der Waals surface area contributed by atoms with Crippen LogP contribution in [0.15, 0.2) is 36.7 Å². The van der Waals surface area contributed by atoms with Crippen LogP contribution in [0.1, 0.15) is 24.2 Å². The van der Waals surface area contributed by atoms with E-state index in [-0.39, 0.29) is 6.04 Å². The van der Waals surface area contributed by atoms with E-state index in [1.807, 2.05) is 49.1 Å². The largest absolute Gasteiger partial charge is 0.377 e. The molecule has 0 aliphatic heterocycles. The number of anilines is 1. The number of hydrogen-bond acceptors (Lipinski definition) is 3. The maximum Gasteiger partial charge on any atom is 0.0948 e. The average Bonchev–Trinajstić information content (AvgIpc) is 2.81. The molecule has 4 nitrogen and oxygen atoms in total. The predicted octanol–water partition coefficient (Wildman–Crippen LogP) is 4.10. The summed E-state index contributed by atoms with van der Waals surface area (Å²) in [5.41, 5.74) is 4.07. The lowest BCUT2D eigenvalue weighted by Crippen LogP contribution is -2.07. The van der Waals surface area contributed by atoms with E-state index < -0.39 is 0 Å². The standard InChI is InChI=1S/C16H17ClN4/c1-10(13-9-21(3)20-11(13)2)19-15-7-6-14(17)12-5-4-8-18-16(12)15/h4-10,19H,1-3H3. The summed E-state index contributed by atoms with van der Waals surface area (Å²) >= 11 is 6.23. The lowest BCUT2D eigenvalue weighted by molar-refractivity contribution is 0.756. The van der Waals surface area contributed by atoms with Gasteiger partial charge < -0.3 is 5.32 Å². The van der Waals surface area contributed by atoms with Crippen LogP contribution in [0.3, 0.4) is 0 Å². The second-order valence-corrected chi connectivity index (χ2v) is 5.61. The number of pyridine rings is 1. The van der Waals surface area contributed by atoms with Crippen LogP contribution in [-0.4, -0.2) is 14.8 Å². The van der Waals surface area contributed by atoms with Crippen molar-refractivity contribution in [3.8, 4) is 0 Å². The first-order valence-electron chi connectivity index (χ1n) is 6.86. The van der Waals surface area contributed by atoms with Gasteiger partial charge in [0, 0.05) is 30.4 Å². The highest BCUT2D eigenvalue weighted by atomic mass is 35.5. The van der Waals surface area contributed by atoms with Crippen molar-refractivity contribution in [1.82, 2.24) is 14.8 Å². The van der Waals surface area contributed by atoms with Crippen molar-refractivity contribution in [3.63, 3.8) is 0 Å². The van der Waals surface area contributed by atoms with E-state index in [1.165, 1.54) is 5.56 Å². The van der Waals surface area contributed by atoms with Gasteiger partial charge in [0.25, 0.3) is 0 Å². The fourth-order valence-electron chi connectivity index (χ4n) is 2.61. The van der Waals surface area contributed by atoms with Crippen molar-refractivity contribution in [3.05, 3.63) is 52.9 Å². The minimum atomic E-state index is 0.144. The van der Waals surface area contributed by atoms with E-state index in [1.54, 1.807) is 6.20 Å². The van der Waals surface area contributed by atoms with E-state index in [4.69, 9.17) is 11.6 Å². The van der Waals surface area contributed by atoms with Crippen LogP contribution in [0.5, 0.6) is 0 Å². The molecule has 108 valence electrons. The molecule has 3 rings (SSSR count). The Morgan fingerprint density at radius 3 is 2.81 bits per heavy atom. The number of aromatic nitrogens is 3. The van der Waals surface area contributed by atoms with Crippen molar-refractivity contribution in [2.24, 2.45) is 7.05 Å². The number of rotatable bonds is 3. The van der Waals surface area contributed by atoms with E-state index in [2.05, 4.69) is 22.3 Å². The molecule has 0 aliphatic rings. The minimum absolute atomic E-state index is 0.144. The zero-order valence-electron chi connectivity index (χ0n) is 12.3. The number of halogens is 1. The summed E-state index contributed by atoms with van der Waals surface area (Å²) in [6.45, 7) is 4.14. The molecule has 0 radical (unpaired) electrons. The topological polar surface area (TPSA) is 42.7 Å². The Bertz CT molecular complexity index is 794. The van der Waals surface area contributed by atoms with Crippen LogP contribution in [0.2, 0.25) is 5.02 Å². The van der Waals surface area contributed by atoms with E-state index >= 15 is 0 Å². The first-order chi connectivity index (χ1) is 10.1. The summed E-state index contributed by atoms with van der Waals surface area (Å²) in [7, 11) is 1.93. The van der Waals surface area contributed by atoms with Crippen LogP contribution >= 0.6 is 11.6 Å². The quantitative estimate of drug-likeness (QED) is 0.792. The summed E-state index contributed by atoms with van der Waals surface area (Å²) in [6, 6.07) is 7.89. The molecular weight excluding hydrogens is 284 g/mol. The third-order valence-electron chi connectivity index (χ3n) is 3.61. The van der Waals surface area contributed by atoms with Gasteiger partial charge in [0.1, 0.15) is 0 Å². The molecule has 0 spiro atoms. The smallest absolute Gasteiger partial charge is 0.0948 e.